The Labute approximate surface area is 712 Å². The normalized spacial score (nSPS) is 23.8. The topological polar surface area (TPSA) is 497 Å². The summed E-state index contributed by atoms with van der Waals surface area (Å²) in [5.74, 6) is 1.36. The first-order valence-electron chi connectivity index (χ1n) is 38.9. The van der Waals surface area contributed by atoms with Crippen molar-refractivity contribution >= 4 is 164 Å². The number of hydrogen-bond donors (Lipinski definition) is 12. The van der Waals surface area contributed by atoms with E-state index in [0.717, 1.165) is 104 Å². The van der Waals surface area contributed by atoms with Gasteiger partial charge in [0.1, 0.15) is 46.0 Å². The number of benzene rings is 4. The number of anilines is 8. The van der Waals surface area contributed by atoms with Crippen LogP contribution in [0.2, 0.25) is 40.2 Å². The van der Waals surface area contributed by atoms with Gasteiger partial charge in [-0.3, -0.25) is 19.2 Å². The molecule has 4 aromatic carbocycles. The number of carbonyl (C=O) groups excluding carboxylic acids is 4. The number of rotatable bonds is 16. The first kappa shape index (κ1) is 85.5. The van der Waals surface area contributed by atoms with Crippen LogP contribution in [-0.4, -0.2) is 142 Å². The van der Waals surface area contributed by atoms with Gasteiger partial charge < -0.3 is 88.4 Å². The minimum Gasteiger partial charge on any atom is -0.383 e. The van der Waals surface area contributed by atoms with E-state index < -0.39 is 23.6 Å². The van der Waals surface area contributed by atoms with Gasteiger partial charge in [-0.25, -0.2) is 19.9 Å². The first-order chi connectivity index (χ1) is 55.4. The summed E-state index contributed by atoms with van der Waals surface area (Å²) in [5, 5.41) is 2.47. The molecule has 16 rings (SSSR count). The van der Waals surface area contributed by atoms with Crippen molar-refractivity contribution in [3.63, 3.8) is 0 Å². The maximum atomic E-state index is 12.2. The molecule has 0 radical (unpaired) electrons. The smallest absolute Gasteiger partial charge is 0.268 e. The van der Waals surface area contributed by atoms with E-state index in [9.17, 15) is 19.2 Å². The number of halogens is 8. The molecule has 0 spiro atoms. The van der Waals surface area contributed by atoms with E-state index in [1.807, 2.05) is 0 Å². The van der Waals surface area contributed by atoms with Crippen LogP contribution in [0.3, 0.4) is 0 Å². The summed E-state index contributed by atoms with van der Waals surface area (Å²) < 4.78 is 0. The summed E-state index contributed by atoms with van der Waals surface area (Å²) >= 11 is 49.9. The van der Waals surface area contributed by atoms with Crippen molar-refractivity contribution in [3.05, 3.63) is 136 Å². The van der Waals surface area contributed by atoms with Gasteiger partial charge in [0.2, 0.25) is 23.8 Å². The molecule has 616 valence electrons. The Kier molecular flexibility index (Phi) is 26.0. The summed E-state index contributed by atoms with van der Waals surface area (Å²) in [6, 6.07) is 20.3. The molecule has 8 fully saturated rings. The molecule has 36 heteroatoms. The third-order valence-electron chi connectivity index (χ3n) is 25.4. The van der Waals surface area contributed by atoms with E-state index in [0.29, 0.717) is 138 Å². The van der Waals surface area contributed by atoms with Gasteiger partial charge in [-0.2, -0.15) is 19.9 Å². The number of nitrogens with zero attached hydrogens (tertiary/aromatic N) is 12. The zero-order valence-electron chi connectivity index (χ0n) is 64.0. The van der Waals surface area contributed by atoms with Crippen LogP contribution in [-0.2, 0) is 0 Å². The Bertz CT molecular complexity index is 4490. The van der Waals surface area contributed by atoms with Crippen molar-refractivity contribution in [2.75, 3.05) is 121 Å². The molecular weight excluding hydrogens is 1640 g/mol. The number of carbonyl (C=O) groups is 4. The second-order valence-electron chi connectivity index (χ2n) is 32.0. The molecule has 4 saturated carbocycles. The fourth-order valence-electron chi connectivity index (χ4n) is 19.3. The lowest BCUT2D eigenvalue weighted by Gasteiger charge is -2.37. The average molecular weight is 1740 g/mol. The van der Waals surface area contributed by atoms with Crippen LogP contribution in [0.15, 0.2) is 72.8 Å². The Morgan fingerprint density at radius 3 is 0.690 bits per heavy atom. The van der Waals surface area contributed by atoms with Crippen molar-refractivity contribution in [3.8, 4) is 44.5 Å². The summed E-state index contributed by atoms with van der Waals surface area (Å²) in [4.78, 5) is 93.3. The Hall–Kier alpha value is -8.36. The van der Waals surface area contributed by atoms with E-state index in [1.165, 1.54) is 51.4 Å². The number of aromatic nitrogens is 8. The molecular formula is C80H96Cl8N24O4. The van der Waals surface area contributed by atoms with Gasteiger partial charge in [-0.1, -0.05) is 193 Å². The van der Waals surface area contributed by atoms with Crippen LogP contribution in [0, 0.1) is 45.3 Å². The van der Waals surface area contributed by atoms with E-state index >= 15 is 0 Å². The van der Waals surface area contributed by atoms with Gasteiger partial charge >= 0.3 is 0 Å². The monoisotopic (exact) mass is 1740 g/mol. The van der Waals surface area contributed by atoms with E-state index in [1.54, 1.807) is 72.8 Å². The third kappa shape index (κ3) is 16.6. The number of primary amides is 4. The summed E-state index contributed by atoms with van der Waals surface area (Å²) in [7, 11) is 0. The molecule has 4 aromatic heterocycles. The molecule has 4 aliphatic heterocycles. The van der Waals surface area contributed by atoms with Crippen molar-refractivity contribution in [2.45, 2.75) is 103 Å². The van der Waals surface area contributed by atoms with Crippen molar-refractivity contribution in [1.29, 1.82) is 0 Å². The largest absolute Gasteiger partial charge is 0.383 e. The number of fused-ring (bicyclic) bond motifs is 4. The van der Waals surface area contributed by atoms with Crippen LogP contribution in [0.4, 0.5) is 47.1 Å². The fourth-order valence-corrected chi connectivity index (χ4v) is 20.8. The highest BCUT2D eigenvalue weighted by molar-refractivity contribution is 6.46. The van der Waals surface area contributed by atoms with Gasteiger partial charge in [0.15, 0.2) is 0 Å². The molecule has 0 bridgehead atoms. The number of amides is 4. The molecule has 4 aliphatic carbocycles. The highest BCUT2D eigenvalue weighted by atomic mass is 35.5. The Morgan fingerprint density at radius 2 is 0.517 bits per heavy atom. The molecule has 24 N–H and O–H groups in total. The highest BCUT2D eigenvalue weighted by Gasteiger charge is 2.52. The van der Waals surface area contributed by atoms with Gasteiger partial charge in [0, 0.05) is 96.3 Å². The predicted molar refractivity (Wildman–Crippen MR) is 464 cm³/mol. The minimum atomic E-state index is -0.698. The number of nitrogens with two attached hydrogens (primary N) is 12. The molecule has 4 saturated heterocycles. The van der Waals surface area contributed by atoms with Crippen molar-refractivity contribution in [2.24, 2.45) is 91.2 Å². The standard InChI is InChI=1S/4C20H24Cl2N6O/c4*21-13-6-3-5-12(15(13)22)14-16(18(25)29)26-19(27-17(14)24)28-8-11-4-1-2-7-20(11,9-23)10-28/h4*3,5-6,11H,1-2,4,7-10,23H2,(H2,25,29)(H2,24,26,27)/t4*11-,20-/m1100/s1. The highest BCUT2D eigenvalue weighted by Crippen LogP contribution is 2.53. The lowest BCUT2D eigenvalue weighted by atomic mass is 9.68. The fraction of sp³-hybridized carbons (Fsp3) is 0.450. The molecule has 8 heterocycles. The van der Waals surface area contributed by atoms with E-state index in [4.69, 9.17) is 162 Å². The maximum absolute atomic E-state index is 12.2. The SMILES string of the molecule is NC[C@@]12CCCC[C@@H]1CN(c1nc(N)c(-c3cccc(Cl)c3Cl)c(C(N)=O)n1)C2.NC[C@@]12CCCC[C@@H]1CN(c1nc(N)c(-c3cccc(Cl)c3Cl)c(C(N)=O)n1)C2.NC[C@]12CCCC[C@H]1CN(c1nc(N)c(-c3cccc(Cl)c3Cl)c(C(N)=O)n1)C2.NC[C@]12CCCC[C@H]1CN(c1nc(N)c(-c3cccc(Cl)c3Cl)c(C(N)=O)n1)C2. The number of nitrogen functional groups attached to an aromatic ring is 4. The minimum absolute atomic E-state index is 0.0355. The molecule has 8 aliphatic rings. The van der Waals surface area contributed by atoms with E-state index in [2.05, 4.69) is 59.5 Å². The summed E-state index contributed by atoms with van der Waals surface area (Å²) in [5.41, 5.74) is 75.9. The van der Waals surface area contributed by atoms with Crippen molar-refractivity contribution in [1.82, 2.24) is 39.9 Å². The zero-order chi connectivity index (χ0) is 83.0. The lowest BCUT2D eigenvalue weighted by Crippen LogP contribution is -2.40. The molecule has 8 atom stereocenters. The Morgan fingerprint density at radius 1 is 0.319 bits per heavy atom. The lowest BCUT2D eigenvalue weighted by molar-refractivity contribution is 0.0988. The second kappa shape index (κ2) is 35.3. The maximum Gasteiger partial charge on any atom is 0.268 e. The van der Waals surface area contributed by atoms with E-state index in [-0.39, 0.29) is 87.8 Å². The van der Waals surface area contributed by atoms with Gasteiger partial charge in [-0.05, 0) is 125 Å². The summed E-state index contributed by atoms with van der Waals surface area (Å²) in [6.45, 7) is 8.71. The summed E-state index contributed by atoms with van der Waals surface area (Å²) in [6.07, 6.45) is 18.5. The van der Waals surface area contributed by atoms with Crippen LogP contribution in [0.1, 0.15) is 145 Å². The van der Waals surface area contributed by atoms with Gasteiger partial charge in [0.25, 0.3) is 23.6 Å². The Balaban J connectivity index is 0.000000135. The number of hydrogen-bond acceptors (Lipinski definition) is 24. The van der Waals surface area contributed by atoms with Crippen LogP contribution in [0.25, 0.3) is 44.5 Å². The molecule has 28 nitrogen and oxygen atoms in total. The molecule has 4 amide bonds. The quantitative estimate of drug-likeness (QED) is 0.0427. The molecule has 0 unspecified atom stereocenters. The first-order valence-corrected chi connectivity index (χ1v) is 41.9. The third-order valence-corrected chi connectivity index (χ3v) is 28.7. The van der Waals surface area contributed by atoms with Crippen LogP contribution >= 0.6 is 92.8 Å². The predicted octanol–water partition coefficient (Wildman–Crippen LogP) is 12.3. The second-order valence-corrected chi connectivity index (χ2v) is 35.1. The van der Waals surface area contributed by atoms with Crippen molar-refractivity contribution < 1.29 is 19.2 Å². The van der Waals surface area contributed by atoms with Crippen LogP contribution in [0.5, 0.6) is 0 Å². The molecule has 116 heavy (non-hydrogen) atoms. The van der Waals surface area contributed by atoms with Crippen LogP contribution < -0.4 is 88.4 Å². The molecule has 8 aromatic rings. The zero-order valence-corrected chi connectivity index (χ0v) is 70.0. The average Bonchev–Trinajstić information content (AvgIpc) is 1.71. The van der Waals surface area contributed by atoms with Gasteiger partial charge in [-0.15, -0.1) is 0 Å². The van der Waals surface area contributed by atoms with Gasteiger partial charge in [0.05, 0.1) is 62.4 Å².